The van der Waals surface area contributed by atoms with E-state index in [1.54, 1.807) is 31.3 Å². The lowest BCUT2D eigenvalue weighted by molar-refractivity contribution is -0.139. The minimum atomic E-state index is -1.67. The molecule has 3 rings (SSSR count). The summed E-state index contributed by atoms with van der Waals surface area (Å²) in [4.78, 5) is 41.8. The summed E-state index contributed by atoms with van der Waals surface area (Å²) in [5.74, 6) is -0.462. The zero-order valence-electron chi connectivity index (χ0n) is 19.4. The zero-order valence-corrected chi connectivity index (χ0v) is 19.4. The highest BCUT2D eigenvalue weighted by Gasteiger charge is 2.27. The topological polar surface area (TPSA) is 146 Å². The molecule has 2 amide bonds. The van der Waals surface area contributed by atoms with Crippen LogP contribution in [0.1, 0.15) is 27.0 Å². The third-order valence-electron chi connectivity index (χ3n) is 5.64. The summed E-state index contributed by atoms with van der Waals surface area (Å²) in [5.41, 5.74) is 10.2. The Hall–Kier alpha value is -3.76. The Morgan fingerprint density at radius 3 is 2.74 bits per heavy atom. The van der Waals surface area contributed by atoms with E-state index in [4.69, 9.17) is 10.5 Å². The maximum Gasteiger partial charge on any atom is 0.256 e. The van der Waals surface area contributed by atoms with E-state index in [-0.39, 0.29) is 12.5 Å². The van der Waals surface area contributed by atoms with Crippen LogP contribution in [0.15, 0.2) is 41.4 Å². The van der Waals surface area contributed by atoms with Crippen LogP contribution in [0.4, 0.5) is 11.4 Å². The quantitative estimate of drug-likeness (QED) is 0.374. The standard InChI is InChI=1S/C24H29N5O5/c1-14-10-17(5-7-18(14)23(32)26-2)29(3)8-9-34-20(13-30)21(31)24(33)28-16-4-6-19-15(11-16)12-27-22(19)25/h4-7,10-11,13,20-21,31H,8-9,12H2,1-3H3,(H2,25,27)(H,26,32)(H,28,33). The van der Waals surface area contributed by atoms with Gasteiger partial charge in [0, 0.05) is 43.1 Å². The molecule has 0 aliphatic carbocycles. The van der Waals surface area contributed by atoms with Gasteiger partial charge in [0.15, 0.2) is 12.4 Å². The smallest absolute Gasteiger partial charge is 0.256 e. The number of ether oxygens (including phenoxy) is 1. The Bertz CT molecular complexity index is 1120. The zero-order chi connectivity index (χ0) is 24.8. The molecular formula is C24H29N5O5. The van der Waals surface area contributed by atoms with Gasteiger partial charge in [0.25, 0.3) is 11.8 Å². The SMILES string of the molecule is CNC(=O)c1ccc(N(C)CCOC(C=O)C(O)C(=O)Nc2ccc3c(c2)CN=C3N)cc1C. The minimum absolute atomic E-state index is 0.0932. The molecule has 1 heterocycles. The second kappa shape index (κ2) is 10.9. The largest absolute Gasteiger partial charge is 0.383 e. The van der Waals surface area contributed by atoms with Crippen LogP contribution in [-0.2, 0) is 20.9 Å². The van der Waals surface area contributed by atoms with Gasteiger partial charge in [0.05, 0.1) is 13.2 Å². The molecule has 34 heavy (non-hydrogen) atoms. The molecule has 2 atom stereocenters. The van der Waals surface area contributed by atoms with Gasteiger partial charge in [0.2, 0.25) is 0 Å². The number of nitrogens with zero attached hydrogens (tertiary/aromatic N) is 2. The predicted octanol–water partition coefficient (Wildman–Crippen LogP) is 0.593. The molecule has 5 N–H and O–H groups in total. The van der Waals surface area contributed by atoms with E-state index in [0.29, 0.717) is 36.5 Å². The van der Waals surface area contributed by atoms with E-state index in [1.807, 2.05) is 31.0 Å². The fraction of sp³-hybridized carbons (Fsp3) is 0.333. The molecule has 180 valence electrons. The summed E-state index contributed by atoms with van der Waals surface area (Å²) in [6.45, 7) is 2.76. The van der Waals surface area contributed by atoms with Gasteiger partial charge in [-0.2, -0.15) is 0 Å². The first kappa shape index (κ1) is 24.9. The fourth-order valence-corrected chi connectivity index (χ4v) is 3.61. The summed E-state index contributed by atoms with van der Waals surface area (Å²) in [6.07, 6.45) is -2.59. The molecule has 0 saturated carbocycles. The molecule has 0 aromatic heterocycles. The number of nitrogens with two attached hydrogens (primary N) is 1. The first-order valence-corrected chi connectivity index (χ1v) is 10.8. The van der Waals surface area contributed by atoms with Crippen LogP contribution in [-0.4, -0.2) is 68.5 Å². The van der Waals surface area contributed by atoms with Crippen molar-refractivity contribution in [3.8, 4) is 0 Å². The Balaban J connectivity index is 1.52. The van der Waals surface area contributed by atoms with E-state index < -0.39 is 18.1 Å². The Morgan fingerprint density at radius 2 is 2.06 bits per heavy atom. The fourth-order valence-electron chi connectivity index (χ4n) is 3.61. The van der Waals surface area contributed by atoms with E-state index in [2.05, 4.69) is 15.6 Å². The average molecular weight is 468 g/mol. The first-order chi connectivity index (χ1) is 16.2. The van der Waals surface area contributed by atoms with Crippen molar-refractivity contribution < 1.29 is 24.2 Å². The van der Waals surface area contributed by atoms with Crippen molar-refractivity contribution in [1.82, 2.24) is 5.32 Å². The number of rotatable bonds is 10. The summed E-state index contributed by atoms with van der Waals surface area (Å²) in [5, 5.41) is 15.5. The third-order valence-corrected chi connectivity index (χ3v) is 5.64. The van der Waals surface area contributed by atoms with E-state index in [0.717, 1.165) is 22.4 Å². The summed E-state index contributed by atoms with van der Waals surface area (Å²) in [7, 11) is 3.41. The molecule has 1 aliphatic rings. The van der Waals surface area contributed by atoms with Gasteiger partial charge in [-0.05, 0) is 54.4 Å². The highest BCUT2D eigenvalue weighted by Crippen LogP contribution is 2.22. The normalized spacial score (nSPS) is 13.9. The molecule has 0 radical (unpaired) electrons. The van der Waals surface area contributed by atoms with Gasteiger partial charge >= 0.3 is 0 Å². The number of aliphatic hydroxyl groups excluding tert-OH is 1. The van der Waals surface area contributed by atoms with Crippen molar-refractivity contribution in [1.29, 1.82) is 0 Å². The number of hydrogen-bond donors (Lipinski definition) is 4. The van der Waals surface area contributed by atoms with Crippen LogP contribution in [0.5, 0.6) is 0 Å². The molecular weight excluding hydrogens is 438 g/mol. The van der Waals surface area contributed by atoms with Crippen LogP contribution < -0.4 is 21.3 Å². The van der Waals surface area contributed by atoms with Crippen molar-refractivity contribution in [3.63, 3.8) is 0 Å². The highest BCUT2D eigenvalue weighted by atomic mass is 16.5. The second-order valence-corrected chi connectivity index (χ2v) is 7.98. The van der Waals surface area contributed by atoms with Crippen molar-refractivity contribution in [2.24, 2.45) is 10.7 Å². The number of aliphatic imine (C=N–C) groups is 1. The number of likely N-dealkylation sites (N-methyl/N-ethyl adjacent to an activating group) is 1. The Morgan fingerprint density at radius 1 is 1.29 bits per heavy atom. The van der Waals surface area contributed by atoms with E-state index >= 15 is 0 Å². The van der Waals surface area contributed by atoms with Gasteiger partial charge in [-0.25, -0.2) is 0 Å². The summed E-state index contributed by atoms with van der Waals surface area (Å²) >= 11 is 0. The maximum atomic E-state index is 12.4. The number of hydrogen-bond acceptors (Lipinski definition) is 8. The number of amides is 2. The van der Waals surface area contributed by atoms with Crippen LogP contribution >= 0.6 is 0 Å². The molecule has 1 aliphatic heterocycles. The number of aryl methyl sites for hydroxylation is 1. The molecule has 2 aromatic carbocycles. The van der Waals surface area contributed by atoms with Crippen molar-refractivity contribution >= 4 is 35.3 Å². The number of carbonyl (C=O) groups is 3. The molecule has 0 fully saturated rings. The lowest BCUT2D eigenvalue weighted by atomic mass is 10.1. The van der Waals surface area contributed by atoms with Gasteiger partial charge in [-0.1, -0.05) is 0 Å². The minimum Gasteiger partial charge on any atom is -0.383 e. The van der Waals surface area contributed by atoms with Crippen molar-refractivity contribution in [3.05, 3.63) is 58.7 Å². The van der Waals surface area contributed by atoms with E-state index in [1.165, 1.54) is 0 Å². The van der Waals surface area contributed by atoms with Gasteiger partial charge in [-0.15, -0.1) is 0 Å². The number of carbonyl (C=O) groups excluding carboxylic acids is 3. The molecule has 2 aromatic rings. The van der Waals surface area contributed by atoms with Crippen LogP contribution in [0, 0.1) is 6.92 Å². The molecule has 10 heteroatoms. The van der Waals surface area contributed by atoms with Crippen molar-refractivity contribution in [2.75, 3.05) is 37.5 Å². The van der Waals surface area contributed by atoms with Crippen LogP contribution in [0.2, 0.25) is 0 Å². The molecule has 10 nitrogen and oxygen atoms in total. The maximum absolute atomic E-state index is 12.4. The first-order valence-electron chi connectivity index (χ1n) is 10.8. The van der Waals surface area contributed by atoms with Crippen LogP contribution in [0.25, 0.3) is 0 Å². The van der Waals surface area contributed by atoms with Gasteiger partial charge in [0.1, 0.15) is 11.9 Å². The highest BCUT2D eigenvalue weighted by molar-refractivity contribution is 6.02. The molecule has 2 unspecified atom stereocenters. The summed E-state index contributed by atoms with van der Waals surface area (Å²) < 4.78 is 5.48. The number of amidine groups is 1. The number of anilines is 2. The number of aliphatic hydroxyl groups is 1. The number of fused-ring (bicyclic) bond motifs is 1. The van der Waals surface area contributed by atoms with Gasteiger partial charge < -0.3 is 35.9 Å². The lowest BCUT2D eigenvalue weighted by Gasteiger charge is -2.23. The Labute approximate surface area is 197 Å². The van der Waals surface area contributed by atoms with Crippen molar-refractivity contribution in [2.45, 2.75) is 25.7 Å². The average Bonchev–Trinajstić information content (AvgIpc) is 3.20. The number of aldehydes is 1. The Kier molecular flexibility index (Phi) is 7.98. The lowest BCUT2D eigenvalue weighted by Crippen LogP contribution is -2.41. The molecule has 0 spiro atoms. The molecule has 0 saturated heterocycles. The monoisotopic (exact) mass is 467 g/mol. The van der Waals surface area contributed by atoms with Crippen LogP contribution in [0.3, 0.4) is 0 Å². The third kappa shape index (κ3) is 5.59. The molecule has 0 bridgehead atoms. The number of nitrogens with one attached hydrogen (secondary N) is 2. The predicted molar refractivity (Wildman–Crippen MR) is 129 cm³/mol. The van der Waals surface area contributed by atoms with Gasteiger partial charge in [-0.3, -0.25) is 14.6 Å². The number of benzene rings is 2. The summed E-state index contributed by atoms with van der Waals surface area (Å²) in [6, 6.07) is 10.6. The second-order valence-electron chi connectivity index (χ2n) is 7.98. The van der Waals surface area contributed by atoms with E-state index in [9.17, 15) is 19.5 Å².